The number of allylic oxidation sites excluding steroid dienone is 2. The van der Waals surface area contributed by atoms with Crippen LogP contribution in [0.15, 0.2) is 39.4 Å². The summed E-state index contributed by atoms with van der Waals surface area (Å²) in [6, 6.07) is 2.38. The number of nitrogens with zero attached hydrogens (tertiary/aromatic N) is 6. The standard InChI is InChI=1S/C27H34FN7O2/c1-3-34-26-23-21(29-17-30-26)15-19(24(28)25(23)31-27(34)36)16-32-9-11-33(12-10-32)22-5-4-8-35(18(22)2)20-6-13-37-14-7-20/h4-5,15,17,20H,3,6-14,16H2,1-2H3,(H,29,30). The fourth-order valence-electron chi connectivity index (χ4n) is 6.05. The Labute approximate surface area is 215 Å². The van der Waals surface area contributed by atoms with Gasteiger partial charge in [0.25, 0.3) is 0 Å². The van der Waals surface area contributed by atoms with E-state index in [2.05, 4.69) is 49.1 Å². The first-order valence-corrected chi connectivity index (χ1v) is 13.3. The highest BCUT2D eigenvalue weighted by molar-refractivity contribution is 6.06. The van der Waals surface area contributed by atoms with Gasteiger partial charge in [0.05, 0.1) is 23.1 Å². The van der Waals surface area contributed by atoms with Crippen LogP contribution in [0, 0.1) is 5.82 Å². The van der Waals surface area contributed by atoms with Gasteiger partial charge in [0, 0.05) is 76.3 Å². The Balaban J connectivity index is 1.19. The molecule has 0 atom stereocenters. The van der Waals surface area contributed by atoms with Gasteiger partial charge in [-0.15, -0.1) is 0 Å². The number of aromatic nitrogens is 2. The van der Waals surface area contributed by atoms with Crippen molar-refractivity contribution in [2.24, 2.45) is 4.99 Å². The lowest BCUT2D eigenvalue weighted by Gasteiger charge is -2.43. The van der Waals surface area contributed by atoms with Gasteiger partial charge in [-0.1, -0.05) is 6.08 Å². The van der Waals surface area contributed by atoms with E-state index in [9.17, 15) is 4.79 Å². The van der Waals surface area contributed by atoms with Gasteiger partial charge in [-0.25, -0.2) is 14.2 Å². The Morgan fingerprint density at radius 1 is 1.19 bits per heavy atom. The molecule has 4 aliphatic heterocycles. The summed E-state index contributed by atoms with van der Waals surface area (Å²) in [7, 11) is 0. The van der Waals surface area contributed by atoms with Crippen molar-refractivity contribution in [1.82, 2.24) is 24.3 Å². The molecular weight excluding hydrogens is 473 g/mol. The highest BCUT2D eigenvalue weighted by Crippen LogP contribution is 2.36. The molecule has 2 aromatic rings. The van der Waals surface area contributed by atoms with Crippen LogP contribution in [0.3, 0.4) is 0 Å². The molecule has 0 radical (unpaired) electrons. The molecule has 1 aromatic heterocycles. The average molecular weight is 508 g/mol. The maximum absolute atomic E-state index is 15.6. The Kier molecular flexibility index (Phi) is 6.46. The highest BCUT2D eigenvalue weighted by atomic mass is 19.1. The van der Waals surface area contributed by atoms with Crippen LogP contribution in [0.1, 0.15) is 32.3 Å². The number of ether oxygens (including phenoxy) is 1. The summed E-state index contributed by atoms with van der Waals surface area (Å²) in [6.45, 7) is 11.1. The second-order valence-corrected chi connectivity index (χ2v) is 10.1. The topological polar surface area (TPSA) is 78.2 Å². The van der Waals surface area contributed by atoms with Crippen molar-refractivity contribution in [2.75, 3.05) is 51.3 Å². The number of benzene rings is 1. The first-order valence-electron chi connectivity index (χ1n) is 13.3. The van der Waals surface area contributed by atoms with E-state index in [0.29, 0.717) is 35.9 Å². The molecule has 0 unspecified atom stereocenters. The van der Waals surface area contributed by atoms with E-state index >= 15 is 4.39 Å². The van der Waals surface area contributed by atoms with E-state index in [1.54, 1.807) is 6.34 Å². The van der Waals surface area contributed by atoms with Gasteiger partial charge >= 0.3 is 5.69 Å². The largest absolute Gasteiger partial charge is 0.381 e. The van der Waals surface area contributed by atoms with Crippen molar-refractivity contribution >= 4 is 28.7 Å². The van der Waals surface area contributed by atoms with Crippen molar-refractivity contribution in [1.29, 1.82) is 0 Å². The summed E-state index contributed by atoms with van der Waals surface area (Å²) >= 11 is 0. The third kappa shape index (κ3) is 4.31. The molecule has 0 spiro atoms. The summed E-state index contributed by atoms with van der Waals surface area (Å²) < 4.78 is 22.7. The van der Waals surface area contributed by atoms with E-state index in [-0.39, 0.29) is 5.52 Å². The SMILES string of the molecule is CCn1c2c3c(cc(CN4CCN(C5=C(C)N(C6CCOCC6)CC=C5)CC4)c(F)c3nc1=O)NC=N2. The Bertz CT molecular complexity index is 1350. The first-order chi connectivity index (χ1) is 18.0. The second kappa shape index (κ2) is 9.90. The molecule has 1 aromatic carbocycles. The number of piperazine rings is 1. The Morgan fingerprint density at radius 3 is 2.73 bits per heavy atom. The highest BCUT2D eigenvalue weighted by Gasteiger charge is 2.28. The Morgan fingerprint density at radius 2 is 1.97 bits per heavy atom. The fraction of sp³-hybridized carbons (Fsp3) is 0.519. The minimum Gasteiger partial charge on any atom is -0.381 e. The van der Waals surface area contributed by atoms with Crippen LogP contribution in [-0.4, -0.2) is 82.6 Å². The van der Waals surface area contributed by atoms with Crippen LogP contribution in [0.2, 0.25) is 0 Å². The molecule has 0 bridgehead atoms. The van der Waals surface area contributed by atoms with Crippen molar-refractivity contribution in [3.8, 4) is 0 Å². The lowest BCUT2D eigenvalue weighted by Crippen LogP contribution is -2.47. The molecule has 0 saturated carbocycles. The van der Waals surface area contributed by atoms with Gasteiger partial charge < -0.3 is 19.9 Å². The molecule has 0 amide bonds. The van der Waals surface area contributed by atoms with E-state index in [0.717, 1.165) is 64.5 Å². The van der Waals surface area contributed by atoms with Crippen molar-refractivity contribution in [3.63, 3.8) is 0 Å². The van der Waals surface area contributed by atoms with Crippen LogP contribution >= 0.6 is 0 Å². The third-order valence-corrected chi connectivity index (χ3v) is 8.07. The van der Waals surface area contributed by atoms with E-state index in [1.807, 2.05) is 13.0 Å². The van der Waals surface area contributed by atoms with Crippen LogP contribution in [0.4, 0.5) is 15.9 Å². The lowest BCUT2D eigenvalue weighted by atomic mass is 10.0. The zero-order valence-corrected chi connectivity index (χ0v) is 21.5. The van der Waals surface area contributed by atoms with Gasteiger partial charge in [-0.2, -0.15) is 4.98 Å². The van der Waals surface area contributed by atoms with Crippen molar-refractivity contribution in [3.05, 3.63) is 51.5 Å². The Hall–Kier alpha value is -3.24. The zero-order chi connectivity index (χ0) is 25.5. The zero-order valence-electron chi connectivity index (χ0n) is 21.5. The first kappa shape index (κ1) is 24.1. The second-order valence-electron chi connectivity index (χ2n) is 10.1. The van der Waals surface area contributed by atoms with Gasteiger partial charge in [-0.05, 0) is 38.8 Å². The van der Waals surface area contributed by atoms with Gasteiger partial charge in [0.15, 0.2) is 5.82 Å². The molecule has 0 aliphatic carbocycles. The van der Waals surface area contributed by atoms with E-state index in [1.165, 1.54) is 16.0 Å². The lowest BCUT2D eigenvalue weighted by molar-refractivity contribution is 0.0468. The van der Waals surface area contributed by atoms with E-state index < -0.39 is 11.5 Å². The molecule has 2 fully saturated rings. The summed E-state index contributed by atoms with van der Waals surface area (Å²) in [4.78, 5) is 28.2. The molecule has 2 saturated heterocycles. The van der Waals surface area contributed by atoms with Crippen LogP contribution in [0.25, 0.3) is 10.9 Å². The summed E-state index contributed by atoms with van der Waals surface area (Å²) in [5.74, 6) is 0.0341. The molecule has 4 aliphatic rings. The quantitative estimate of drug-likeness (QED) is 0.667. The summed E-state index contributed by atoms with van der Waals surface area (Å²) in [6.07, 6.45) is 8.24. The number of anilines is 1. The predicted molar refractivity (Wildman–Crippen MR) is 143 cm³/mol. The summed E-state index contributed by atoms with van der Waals surface area (Å²) in [5.41, 5.74) is 3.55. The van der Waals surface area contributed by atoms with Crippen molar-refractivity contribution in [2.45, 2.75) is 45.8 Å². The maximum Gasteiger partial charge on any atom is 0.349 e. The van der Waals surface area contributed by atoms with Gasteiger partial charge in [-0.3, -0.25) is 9.47 Å². The molecule has 10 heteroatoms. The number of aliphatic imine (C=N–C) groups is 1. The maximum atomic E-state index is 15.6. The molecule has 196 valence electrons. The number of halogens is 1. The number of hydrogen-bond acceptors (Lipinski definition) is 8. The number of rotatable bonds is 5. The summed E-state index contributed by atoms with van der Waals surface area (Å²) in [5, 5.41) is 3.69. The molecule has 37 heavy (non-hydrogen) atoms. The van der Waals surface area contributed by atoms with Gasteiger partial charge in [0.2, 0.25) is 0 Å². The average Bonchev–Trinajstić information content (AvgIpc) is 2.92. The predicted octanol–water partition coefficient (Wildman–Crippen LogP) is 3.04. The minimum absolute atomic E-state index is 0.0986. The molecule has 9 nitrogen and oxygen atoms in total. The molecule has 5 heterocycles. The van der Waals surface area contributed by atoms with Crippen LogP contribution < -0.4 is 11.0 Å². The third-order valence-electron chi connectivity index (χ3n) is 8.07. The van der Waals surface area contributed by atoms with Gasteiger partial charge in [0.1, 0.15) is 11.3 Å². The number of hydrogen-bond donors (Lipinski definition) is 1. The number of nitrogens with one attached hydrogen (secondary N) is 1. The van der Waals surface area contributed by atoms with Crippen LogP contribution in [-0.2, 0) is 17.8 Å². The minimum atomic E-state index is -0.473. The van der Waals surface area contributed by atoms with Crippen molar-refractivity contribution < 1.29 is 9.13 Å². The van der Waals surface area contributed by atoms with E-state index in [4.69, 9.17) is 4.74 Å². The fourth-order valence-corrected chi connectivity index (χ4v) is 6.05. The molecule has 6 rings (SSSR count). The molecular formula is C27H34FN7O2. The monoisotopic (exact) mass is 507 g/mol. The van der Waals surface area contributed by atoms with Crippen LogP contribution in [0.5, 0.6) is 0 Å². The normalized spacial score (nSPS) is 20.7. The smallest absolute Gasteiger partial charge is 0.349 e. The molecule has 1 N–H and O–H groups in total.